The molecule has 1 aliphatic carbocycles. The number of aliphatic hydroxyl groups is 1. The molecule has 1 N–H and O–H groups in total. The summed E-state index contributed by atoms with van der Waals surface area (Å²) in [6.07, 6.45) is 4.92. The first-order valence-corrected chi connectivity index (χ1v) is 6.33. The van der Waals surface area contributed by atoms with Crippen molar-refractivity contribution < 1.29 is 14.7 Å². The van der Waals surface area contributed by atoms with Gasteiger partial charge in [-0.1, -0.05) is 7.43 Å². The highest BCUT2D eigenvalue weighted by atomic mass is 16.3. The van der Waals surface area contributed by atoms with Crippen LogP contribution in [0.4, 0.5) is 0 Å². The molecule has 1 saturated carbocycles. The van der Waals surface area contributed by atoms with Crippen LogP contribution in [0.15, 0.2) is 12.2 Å². The molecular weight excluding hydrogens is 244 g/mol. The Balaban J connectivity index is 0.00000180. The van der Waals surface area contributed by atoms with Gasteiger partial charge in [0.25, 0.3) is 11.8 Å². The molecule has 2 amide bonds. The fourth-order valence-electron chi connectivity index (χ4n) is 3.15. The van der Waals surface area contributed by atoms with Gasteiger partial charge in [0, 0.05) is 25.3 Å². The van der Waals surface area contributed by atoms with Gasteiger partial charge in [0.05, 0.1) is 5.54 Å². The highest BCUT2D eigenvalue weighted by Crippen LogP contribution is 2.47. The average molecular weight is 268 g/mol. The monoisotopic (exact) mass is 268 g/mol. The lowest BCUT2D eigenvalue weighted by molar-refractivity contribution is -0.155. The summed E-state index contributed by atoms with van der Waals surface area (Å²) in [6.45, 7) is 0.831. The maximum Gasteiger partial charge on any atom is 0.254 e. The summed E-state index contributed by atoms with van der Waals surface area (Å²) in [5.74, 6) is -0.221. The third kappa shape index (κ3) is 2.58. The second-order valence-corrected chi connectivity index (χ2v) is 5.42. The van der Waals surface area contributed by atoms with Gasteiger partial charge in [0.15, 0.2) is 0 Å². The van der Waals surface area contributed by atoms with Crippen molar-refractivity contribution in [1.82, 2.24) is 9.80 Å². The van der Waals surface area contributed by atoms with Gasteiger partial charge in [-0.25, -0.2) is 0 Å². The Hall–Kier alpha value is -1.20. The molecule has 0 radical (unpaired) electrons. The van der Waals surface area contributed by atoms with E-state index in [2.05, 4.69) is 4.90 Å². The molecule has 0 saturated heterocycles. The van der Waals surface area contributed by atoms with Crippen LogP contribution in [-0.2, 0) is 9.59 Å². The minimum atomic E-state index is -0.476. The van der Waals surface area contributed by atoms with E-state index in [-0.39, 0.29) is 31.8 Å². The molecule has 5 heteroatoms. The van der Waals surface area contributed by atoms with Gasteiger partial charge in [-0.3, -0.25) is 14.5 Å². The summed E-state index contributed by atoms with van der Waals surface area (Å²) in [4.78, 5) is 27.1. The molecule has 2 aliphatic rings. The number of nitrogens with zero attached hydrogens (tertiary/aromatic N) is 2. The predicted octanol–water partition coefficient (Wildman–Crippen LogP) is 0.640. The van der Waals surface area contributed by atoms with Crippen molar-refractivity contribution >= 4 is 11.8 Å². The maximum absolute atomic E-state index is 11.9. The van der Waals surface area contributed by atoms with Gasteiger partial charge in [-0.05, 0) is 39.3 Å². The summed E-state index contributed by atoms with van der Waals surface area (Å²) in [5, 5.41) is 9.27. The second kappa shape index (κ2) is 5.84. The molecule has 2 rings (SSSR count). The summed E-state index contributed by atoms with van der Waals surface area (Å²) in [7, 11) is 3.96. The molecule has 1 heterocycles. The number of carbonyl (C=O) groups is 2. The Morgan fingerprint density at radius 3 is 2.32 bits per heavy atom. The number of aliphatic hydroxyl groups excluding tert-OH is 1. The van der Waals surface area contributed by atoms with Crippen molar-refractivity contribution in [1.29, 1.82) is 0 Å². The number of amides is 2. The highest BCUT2D eigenvalue weighted by Gasteiger charge is 2.54. The summed E-state index contributed by atoms with van der Waals surface area (Å²) < 4.78 is 0. The number of carbonyl (C=O) groups excluding carboxylic acids is 2. The first kappa shape index (κ1) is 15.9. The normalized spacial score (nSPS) is 29.7. The Morgan fingerprint density at radius 1 is 1.37 bits per heavy atom. The smallest absolute Gasteiger partial charge is 0.254 e. The van der Waals surface area contributed by atoms with E-state index in [1.165, 1.54) is 17.1 Å². The van der Waals surface area contributed by atoms with Gasteiger partial charge >= 0.3 is 0 Å². The van der Waals surface area contributed by atoms with Crippen LogP contribution in [-0.4, -0.2) is 59.5 Å². The van der Waals surface area contributed by atoms with Crippen molar-refractivity contribution in [2.45, 2.75) is 32.2 Å². The second-order valence-electron chi connectivity index (χ2n) is 5.42. The van der Waals surface area contributed by atoms with Crippen molar-refractivity contribution in [2.75, 3.05) is 27.2 Å². The van der Waals surface area contributed by atoms with E-state index in [0.717, 1.165) is 19.4 Å². The predicted molar refractivity (Wildman–Crippen MR) is 73.4 cm³/mol. The highest BCUT2D eigenvalue weighted by molar-refractivity contribution is 6.13. The van der Waals surface area contributed by atoms with Crippen LogP contribution in [0.3, 0.4) is 0 Å². The summed E-state index contributed by atoms with van der Waals surface area (Å²) in [5.41, 5.74) is -0.476. The molecule has 0 aromatic carbocycles. The number of hydrogen-bond donors (Lipinski definition) is 1. The molecule has 0 bridgehead atoms. The fourth-order valence-corrected chi connectivity index (χ4v) is 3.15. The van der Waals surface area contributed by atoms with Crippen LogP contribution < -0.4 is 0 Å². The third-order valence-electron chi connectivity index (χ3n) is 4.07. The SMILES string of the molecule is C.CN(C)CC1CCC1(CCO)N1C(=O)C=CC1=O. The minimum absolute atomic E-state index is 0. The average Bonchev–Trinajstić information content (AvgIpc) is 2.62. The van der Waals surface area contributed by atoms with Crippen molar-refractivity contribution in [3.05, 3.63) is 12.2 Å². The zero-order valence-electron chi connectivity index (χ0n) is 10.9. The van der Waals surface area contributed by atoms with Crippen molar-refractivity contribution in [3.8, 4) is 0 Å². The van der Waals surface area contributed by atoms with E-state index in [1.54, 1.807) is 0 Å². The quantitative estimate of drug-likeness (QED) is 0.743. The molecular formula is C14H24N2O3. The standard InChI is InChI=1S/C13H20N2O3.CH4/c1-14(2)9-10-5-6-13(10,7-8-16)15-11(17)3-4-12(15)18;/h3-4,10,16H,5-9H2,1-2H3;1H4. The van der Waals surface area contributed by atoms with Gasteiger partial charge in [0.2, 0.25) is 0 Å². The fraction of sp³-hybridized carbons (Fsp3) is 0.714. The lowest BCUT2D eigenvalue weighted by Crippen LogP contribution is -2.64. The number of rotatable bonds is 5. The van der Waals surface area contributed by atoms with Crippen molar-refractivity contribution in [2.24, 2.45) is 5.92 Å². The molecule has 0 aromatic heterocycles. The van der Waals surface area contributed by atoms with Gasteiger partial charge in [-0.2, -0.15) is 0 Å². The molecule has 0 spiro atoms. The van der Waals surface area contributed by atoms with Gasteiger partial charge in [0.1, 0.15) is 0 Å². The molecule has 108 valence electrons. The van der Waals surface area contributed by atoms with Crippen LogP contribution >= 0.6 is 0 Å². The molecule has 19 heavy (non-hydrogen) atoms. The molecule has 2 atom stereocenters. The van der Waals surface area contributed by atoms with E-state index < -0.39 is 5.54 Å². The Bertz CT molecular complexity index is 374. The van der Waals surface area contributed by atoms with E-state index >= 15 is 0 Å². The Labute approximate surface area is 114 Å². The van der Waals surface area contributed by atoms with Crippen LogP contribution in [0.2, 0.25) is 0 Å². The molecule has 5 nitrogen and oxygen atoms in total. The zero-order valence-corrected chi connectivity index (χ0v) is 10.9. The molecule has 2 unspecified atom stereocenters. The largest absolute Gasteiger partial charge is 0.396 e. The minimum Gasteiger partial charge on any atom is -0.396 e. The first-order valence-electron chi connectivity index (χ1n) is 6.33. The lowest BCUT2D eigenvalue weighted by atomic mass is 9.63. The van der Waals surface area contributed by atoms with Crippen LogP contribution in [0.25, 0.3) is 0 Å². The topological polar surface area (TPSA) is 60.9 Å². The van der Waals surface area contributed by atoms with E-state index in [1.807, 2.05) is 14.1 Å². The third-order valence-corrected chi connectivity index (χ3v) is 4.07. The van der Waals surface area contributed by atoms with Gasteiger partial charge < -0.3 is 10.0 Å². The first-order chi connectivity index (χ1) is 8.51. The van der Waals surface area contributed by atoms with Crippen LogP contribution in [0.1, 0.15) is 26.7 Å². The zero-order chi connectivity index (χ0) is 13.3. The summed E-state index contributed by atoms with van der Waals surface area (Å²) >= 11 is 0. The van der Waals surface area contributed by atoms with Crippen LogP contribution in [0, 0.1) is 5.92 Å². The molecule has 1 aliphatic heterocycles. The van der Waals surface area contributed by atoms with Crippen LogP contribution in [0.5, 0.6) is 0 Å². The lowest BCUT2D eigenvalue weighted by Gasteiger charge is -2.54. The Kier molecular flexibility index (Phi) is 4.87. The van der Waals surface area contributed by atoms with Gasteiger partial charge in [-0.15, -0.1) is 0 Å². The Morgan fingerprint density at radius 2 is 1.95 bits per heavy atom. The van der Waals surface area contributed by atoms with E-state index in [0.29, 0.717) is 6.42 Å². The maximum atomic E-state index is 11.9. The molecule has 1 fully saturated rings. The van der Waals surface area contributed by atoms with Crippen molar-refractivity contribution in [3.63, 3.8) is 0 Å². The molecule has 0 aromatic rings. The number of hydrogen-bond acceptors (Lipinski definition) is 4. The summed E-state index contributed by atoms with van der Waals surface area (Å²) in [6, 6.07) is 0. The van der Waals surface area contributed by atoms with E-state index in [4.69, 9.17) is 0 Å². The van der Waals surface area contributed by atoms with E-state index in [9.17, 15) is 14.7 Å². The number of imide groups is 1.